The predicted octanol–water partition coefficient (Wildman–Crippen LogP) is 3.52. The van der Waals surface area contributed by atoms with Crippen LogP contribution in [0.3, 0.4) is 0 Å². The minimum Gasteiger partial charge on any atom is -0.313 e. The normalized spacial score (nSPS) is 15.5. The molecule has 0 amide bonds. The third kappa shape index (κ3) is 4.41. The Morgan fingerprint density at radius 1 is 1.35 bits per heavy atom. The zero-order valence-electron chi connectivity index (χ0n) is 11.7. The smallest absolute Gasteiger partial charge is 0.0413 e. The van der Waals surface area contributed by atoms with E-state index < -0.39 is 0 Å². The van der Waals surface area contributed by atoms with Gasteiger partial charge in [-0.3, -0.25) is 4.90 Å². The van der Waals surface area contributed by atoms with E-state index in [2.05, 4.69) is 62.5 Å². The molecule has 0 aliphatic heterocycles. The molecule has 1 rings (SSSR count). The summed E-state index contributed by atoms with van der Waals surface area (Å²) in [5, 5.41) is 5.70. The van der Waals surface area contributed by atoms with Crippen molar-refractivity contribution in [3.05, 3.63) is 22.4 Å². The molecule has 0 radical (unpaired) electrons. The quantitative estimate of drug-likeness (QED) is 0.801. The van der Waals surface area contributed by atoms with E-state index in [-0.39, 0.29) is 0 Å². The number of nitrogens with one attached hydrogen (secondary N) is 1. The van der Waals surface area contributed by atoms with E-state index in [0.29, 0.717) is 18.1 Å². The van der Waals surface area contributed by atoms with Crippen LogP contribution < -0.4 is 5.32 Å². The maximum Gasteiger partial charge on any atom is 0.0413 e. The van der Waals surface area contributed by atoms with Crippen LogP contribution in [0.5, 0.6) is 0 Å². The van der Waals surface area contributed by atoms with Gasteiger partial charge in [0.1, 0.15) is 0 Å². The highest BCUT2D eigenvalue weighted by Gasteiger charge is 2.20. The van der Waals surface area contributed by atoms with Crippen molar-refractivity contribution in [3.63, 3.8) is 0 Å². The topological polar surface area (TPSA) is 15.3 Å². The highest BCUT2D eigenvalue weighted by Crippen LogP contribution is 2.25. The Hall–Kier alpha value is -0.380. The molecule has 1 N–H and O–H groups in total. The lowest BCUT2D eigenvalue weighted by atomic mass is 10.1. The van der Waals surface area contributed by atoms with Gasteiger partial charge in [-0.05, 0) is 31.8 Å². The van der Waals surface area contributed by atoms with E-state index >= 15 is 0 Å². The van der Waals surface area contributed by atoms with E-state index in [0.717, 1.165) is 6.54 Å². The third-order valence-corrected chi connectivity index (χ3v) is 4.42. The molecule has 3 heteroatoms. The summed E-state index contributed by atoms with van der Waals surface area (Å²) >= 11 is 1.85. The number of nitrogens with zero attached hydrogens (tertiary/aromatic N) is 1. The van der Waals surface area contributed by atoms with Crippen LogP contribution in [-0.2, 0) is 0 Å². The van der Waals surface area contributed by atoms with Gasteiger partial charge in [0.05, 0.1) is 0 Å². The lowest BCUT2D eigenvalue weighted by Gasteiger charge is -2.33. The lowest BCUT2D eigenvalue weighted by Crippen LogP contribution is -2.42. The van der Waals surface area contributed by atoms with Crippen LogP contribution in [0, 0.1) is 0 Å². The van der Waals surface area contributed by atoms with E-state index in [1.54, 1.807) is 0 Å². The highest BCUT2D eigenvalue weighted by molar-refractivity contribution is 7.10. The molecule has 17 heavy (non-hydrogen) atoms. The van der Waals surface area contributed by atoms with Crippen molar-refractivity contribution in [1.82, 2.24) is 10.2 Å². The Bertz CT molecular complexity index is 295. The van der Waals surface area contributed by atoms with Crippen molar-refractivity contribution in [2.75, 3.05) is 13.6 Å². The first-order chi connectivity index (χ1) is 8.06. The molecule has 1 aromatic rings. The number of thiophene rings is 1. The maximum absolute atomic E-state index is 3.54. The highest BCUT2D eigenvalue weighted by atomic mass is 32.1. The Kier molecular flexibility index (Phi) is 6.17. The number of hydrogen-bond acceptors (Lipinski definition) is 3. The summed E-state index contributed by atoms with van der Waals surface area (Å²) in [6, 6.07) is 6.05. The van der Waals surface area contributed by atoms with E-state index in [1.165, 1.54) is 11.3 Å². The van der Waals surface area contributed by atoms with E-state index in [1.807, 2.05) is 11.3 Å². The second-order valence-electron chi connectivity index (χ2n) is 4.98. The van der Waals surface area contributed by atoms with Gasteiger partial charge in [-0.2, -0.15) is 0 Å². The van der Waals surface area contributed by atoms with Gasteiger partial charge in [0.15, 0.2) is 0 Å². The Balaban J connectivity index is 2.56. The fourth-order valence-electron chi connectivity index (χ4n) is 1.99. The monoisotopic (exact) mass is 254 g/mol. The van der Waals surface area contributed by atoms with Crippen LogP contribution in [0.15, 0.2) is 17.5 Å². The molecule has 0 saturated heterocycles. The van der Waals surface area contributed by atoms with Crippen molar-refractivity contribution in [3.8, 4) is 0 Å². The molecular formula is C14H26N2S. The zero-order valence-corrected chi connectivity index (χ0v) is 12.6. The summed E-state index contributed by atoms with van der Waals surface area (Å²) in [6.45, 7) is 10.0. The van der Waals surface area contributed by atoms with E-state index in [9.17, 15) is 0 Å². The van der Waals surface area contributed by atoms with Crippen molar-refractivity contribution in [1.29, 1.82) is 0 Å². The zero-order chi connectivity index (χ0) is 12.8. The van der Waals surface area contributed by atoms with Gasteiger partial charge in [-0.15, -0.1) is 11.3 Å². The molecule has 0 aliphatic carbocycles. The molecule has 2 nitrogen and oxygen atoms in total. The van der Waals surface area contributed by atoms with Crippen molar-refractivity contribution in [2.24, 2.45) is 0 Å². The maximum atomic E-state index is 3.54. The Labute approximate surface area is 110 Å². The molecule has 1 aromatic heterocycles. The van der Waals surface area contributed by atoms with Gasteiger partial charge in [0, 0.05) is 29.5 Å². The van der Waals surface area contributed by atoms with E-state index in [4.69, 9.17) is 0 Å². The minimum atomic E-state index is 0.508. The van der Waals surface area contributed by atoms with Crippen molar-refractivity contribution < 1.29 is 0 Å². The van der Waals surface area contributed by atoms with Gasteiger partial charge in [0.2, 0.25) is 0 Å². The van der Waals surface area contributed by atoms with Crippen LogP contribution in [0.2, 0.25) is 0 Å². The van der Waals surface area contributed by atoms with Gasteiger partial charge in [-0.1, -0.05) is 26.8 Å². The van der Waals surface area contributed by atoms with Crippen molar-refractivity contribution in [2.45, 2.75) is 52.2 Å². The molecule has 0 fully saturated rings. The second-order valence-corrected chi connectivity index (χ2v) is 5.96. The predicted molar refractivity (Wildman–Crippen MR) is 77.7 cm³/mol. The molecule has 2 unspecified atom stereocenters. The number of rotatable bonds is 7. The summed E-state index contributed by atoms with van der Waals surface area (Å²) in [7, 11) is 2.24. The fourth-order valence-corrected chi connectivity index (χ4v) is 2.83. The summed E-state index contributed by atoms with van der Waals surface area (Å²) in [5.74, 6) is 0. The van der Waals surface area contributed by atoms with Crippen LogP contribution >= 0.6 is 11.3 Å². The van der Waals surface area contributed by atoms with Crippen LogP contribution in [0.1, 0.15) is 45.0 Å². The minimum absolute atomic E-state index is 0.508. The largest absolute Gasteiger partial charge is 0.313 e. The molecule has 0 bridgehead atoms. The molecule has 1 heterocycles. The first-order valence-corrected chi connectivity index (χ1v) is 7.42. The van der Waals surface area contributed by atoms with Gasteiger partial charge in [-0.25, -0.2) is 0 Å². The SMILES string of the molecule is CCC(CNC(C)C)N(C)C(C)c1cccs1. The van der Waals surface area contributed by atoms with Gasteiger partial charge < -0.3 is 5.32 Å². The third-order valence-electron chi connectivity index (χ3n) is 3.37. The fraction of sp³-hybridized carbons (Fsp3) is 0.714. The average Bonchev–Trinajstić information content (AvgIpc) is 2.81. The summed E-state index contributed by atoms with van der Waals surface area (Å²) in [5.41, 5.74) is 0. The first kappa shape index (κ1) is 14.7. The lowest BCUT2D eigenvalue weighted by molar-refractivity contribution is 0.176. The molecule has 0 spiro atoms. The van der Waals surface area contributed by atoms with Crippen LogP contribution in [-0.4, -0.2) is 30.6 Å². The number of likely N-dealkylation sites (N-methyl/N-ethyl adjacent to an activating group) is 1. The molecule has 2 atom stereocenters. The summed E-state index contributed by atoms with van der Waals surface area (Å²) < 4.78 is 0. The molecule has 0 aliphatic rings. The Morgan fingerprint density at radius 2 is 2.06 bits per heavy atom. The van der Waals surface area contributed by atoms with Crippen molar-refractivity contribution >= 4 is 11.3 Å². The molecular weight excluding hydrogens is 228 g/mol. The molecule has 98 valence electrons. The second kappa shape index (κ2) is 7.14. The molecule has 0 aromatic carbocycles. The first-order valence-electron chi connectivity index (χ1n) is 6.55. The van der Waals surface area contributed by atoms with Gasteiger partial charge >= 0.3 is 0 Å². The average molecular weight is 254 g/mol. The van der Waals surface area contributed by atoms with Gasteiger partial charge in [0.25, 0.3) is 0 Å². The standard InChI is InChI=1S/C14H26N2S/c1-6-13(10-15-11(2)3)16(5)12(4)14-8-7-9-17-14/h7-9,11-13,15H,6,10H2,1-5H3. The summed E-state index contributed by atoms with van der Waals surface area (Å²) in [6.07, 6.45) is 1.19. The van der Waals surface area contributed by atoms with Crippen LogP contribution in [0.4, 0.5) is 0 Å². The Morgan fingerprint density at radius 3 is 2.53 bits per heavy atom. The molecule has 0 saturated carbocycles. The number of hydrogen-bond donors (Lipinski definition) is 1. The summed E-state index contributed by atoms with van der Waals surface area (Å²) in [4.78, 5) is 3.94. The van der Waals surface area contributed by atoms with Crippen LogP contribution in [0.25, 0.3) is 0 Å².